The first kappa shape index (κ1) is 17.0. The molecule has 122 valence electrons. The summed E-state index contributed by atoms with van der Waals surface area (Å²) in [6, 6.07) is 9.37. The number of benzene rings is 1. The van der Waals surface area contributed by atoms with Crippen LogP contribution >= 0.6 is 0 Å². The Morgan fingerprint density at radius 3 is 2.68 bits per heavy atom. The highest BCUT2D eigenvalue weighted by Crippen LogP contribution is 2.16. The number of piperidine rings is 1. The lowest BCUT2D eigenvalue weighted by Gasteiger charge is -2.35. The van der Waals surface area contributed by atoms with Gasteiger partial charge in [-0.05, 0) is 31.5 Å². The van der Waals surface area contributed by atoms with E-state index in [1.54, 1.807) is 12.1 Å². The third kappa shape index (κ3) is 5.42. The van der Waals surface area contributed by atoms with Gasteiger partial charge >= 0.3 is 0 Å². The van der Waals surface area contributed by atoms with E-state index in [1.165, 1.54) is 6.26 Å². The molecule has 0 unspecified atom stereocenters. The molecule has 22 heavy (non-hydrogen) atoms. The number of carbonyl (C=O) groups is 1. The number of carbonyl (C=O) groups excluding carboxylic acids is 1. The molecule has 0 radical (unpaired) electrons. The fourth-order valence-corrected chi connectivity index (χ4v) is 3.34. The summed E-state index contributed by atoms with van der Waals surface area (Å²) >= 11 is 0. The molecule has 1 aromatic rings. The van der Waals surface area contributed by atoms with Gasteiger partial charge in [-0.25, -0.2) is 8.42 Å². The van der Waals surface area contributed by atoms with Crippen LogP contribution in [-0.2, 0) is 9.84 Å². The van der Waals surface area contributed by atoms with E-state index in [0.717, 1.165) is 25.8 Å². The topological polar surface area (TPSA) is 66.5 Å². The summed E-state index contributed by atoms with van der Waals surface area (Å²) in [4.78, 5) is 14.3. The van der Waals surface area contributed by atoms with Crippen LogP contribution in [0.2, 0.25) is 0 Å². The van der Waals surface area contributed by atoms with Crippen molar-refractivity contribution < 1.29 is 13.2 Å². The van der Waals surface area contributed by atoms with Crippen molar-refractivity contribution in [2.45, 2.75) is 25.3 Å². The molecule has 1 fully saturated rings. The molecule has 1 saturated heterocycles. The van der Waals surface area contributed by atoms with Crippen molar-refractivity contribution in [3.63, 3.8) is 0 Å². The molecular formula is C16H24N2O3S. The van der Waals surface area contributed by atoms with Crippen LogP contribution in [-0.4, -0.2) is 56.9 Å². The van der Waals surface area contributed by atoms with Crippen LogP contribution in [0.5, 0.6) is 0 Å². The van der Waals surface area contributed by atoms with E-state index in [0.29, 0.717) is 18.7 Å². The van der Waals surface area contributed by atoms with Crippen LogP contribution in [0.4, 0.5) is 0 Å². The maximum absolute atomic E-state index is 12.1. The summed E-state index contributed by atoms with van der Waals surface area (Å²) in [6.45, 7) is 2.02. The lowest BCUT2D eigenvalue weighted by Crippen LogP contribution is -2.48. The van der Waals surface area contributed by atoms with Gasteiger partial charge in [0.05, 0.1) is 5.75 Å². The summed E-state index contributed by atoms with van der Waals surface area (Å²) in [5.41, 5.74) is 0.654. The van der Waals surface area contributed by atoms with Gasteiger partial charge in [0.25, 0.3) is 5.91 Å². The highest BCUT2D eigenvalue weighted by Gasteiger charge is 2.23. The molecule has 2 rings (SSSR count). The van der Waals surface area contributed by atoms with Crippen molar-refractivity contribution in [1.29, 1.82) is 0 Å². The van der Waals surface area contributed by atoms with Crippen molar-refractivity contribution in [3.8, 4) is 0 Å². The molecule has 0 bridgehead atoms. The molecule has 0 saturated carbocycles. The van der Waals surface area contributed by atoms with Gasteiger partial charge in [0.15, 0.2) is 0 Å². The third-order valence-corrected chi connectivity index (χ3v) is 4.96. The summed E-state index contributed by atoms with van der Waals surface area (Å²) in [7, 11) is -2.95. The van der Waals surface area contributed by atoms with E-state index in [9.17, 15) is 13.2 Å². The number of nitrogens with zero attached hydrogens (tertiary/aromatic N) is 1. The average molecular weight is 324 g/mol. The summed E-state index contributed by atoms with van der Waals surface area (Å²) < 4.78 is 22.7. The Balaban J connectivity index is 1.87. The van der Waals surface area contributed by atoms with Crippen molar-refractivity contribution in [3.05, 3.63) is 35.9 Å². The predicted octanol–water partition coefficient (Wildman–Crippen LogP) is 1.32. The second kappa shape index (κ2) is 7.74. The number of amides is 1. The summed E-state index contributed by atoms with van der Waals surface area (Å²) in [5.74, 6) is 0.102. The van der Waals surface area contributed by atoms with Crippen LogP contribution in [0.15, 0.2) is 30.3 Å². The van der Waals surface area contributed by atoms with Crippen LogP contribution in [0.1, 0.15) is 29.6 Å². The monoisotopic (exact) mass is 324 g/mol. The Kier molecular flexibility index (Phi) is 5.97. The van der Waals surface area contributed by atoms with Gasteiger partial charge in [-0.3, -0.25) is 9.69 Å². The molecule has 1 amide bonds. The number of nitrogens with one attached hydrogen (secondary N) is 1. The molecular weight excluding hydrogens is 300 g/mol. The normalized spacial score (nSPS) is 19.8. The Bertz CT molecular complexity index is 587. The highest BCUT2D eigenvalue weighted by atomic mass is 32.2. The van der Waals surface area contributed by atoms with Gasteiger partial charge < -0.3 is 5.32 Å². The summed E-state index contributed by atoms with van der Waals surface area (Å²) in [6.07, 6.45) is 4.48. The minimum atomic E-state index is -2.95. The first-order valence-corrected chi connectivity index (χ1v) is 9.77. The van der Waals surface area contributed by atoms with Gasteiger partial charge in [-0.1, -0.05) is 24.6 Å². The molecule has 1 atom stereocenters. The van der Waals surface area contributed by atoms with Crippen molar-refractivity contribution >= 4 is 15.7 Å². The Hall–Kier alpha value is -1.40. The third-order valence-electron chi connectivity index (χ3n) is 4.03. The predicted molar refractivity (Wildman–Crippen MR) is 87.7 cm³/mol. The Labute approximate surface area is 132 Å². The number of sulfone groups is 1. The van der Waals surface area contributed by atoms with Crippen molar-refractivity contribution in [2.24, 2.45) is 0 Å². The molecule has 0 aromatic heterocycles. The smallest absolute Gasteiger partial charge is 0.251 e. The minimum Gasteiger partial charge on any atom is -0.350 e. The molecule has 0 aliphatic carbocycles. The standard InChI is InChI=1S/C16H24N2O3S/c1-22(20,21)12-11-18-10-6-5-9-15(18)13-17-16(19)14-7-3-2-4-8-14/h2-4,7-8,15H,5-6,9-13H2,1H3,(H,17,19)/t15-/m0/s1. The summed E-state index contributed by atoms with van der Waals surface area (Å²) in [5, 5.41) is 2.97. The minimum absolute atomic E-state index is 0.0748. The van der Waals surface area contributed by atoms with Crippen LogP contribution in [0.25, 0.3) is 0 Å². The fraction of sp³-hybridized carbons (Fsp3) is 0.562. The molecule has 0 spiro atoms. The zero-order valence-corrected chi connectivity index (χ0v) is 13.8. The number of hydrogen-bond acceptors (Lipinski definition) is 4. The zero-order valence-electron chi connectivity index (χ0n) is 13.0. The first-order chi connectivity index (χ1) is 10.5. The number of hydrogen-bond donors (Lipinski definition) is 1. The van der Waals surface area contributed by atoms with Crippen molar-refractivity contribution in [1.82, 2.24) is 10.2 Å². The Morgan fingerprint density at radius 1 is 1.27 bits per heavy atom. The van der Waals surface area contributed by atoms with Gasteiger partial charge in [-0.2, -0.15) is 0 Å². The lowest BCUT2D eigenvalue weighted by molar-refractivity contribution is 0.0918. The molecule has 1 heterocycles. The second-order valence-corrected chi connectivity index (χ2v) is 8.15. The highest BCUT2D eigenvalue weighted by molar-refractivity contribution is 7.90. The van der Waals surface area contributed by atoms with Crippen LogP contribution in [0.3, 0.4) is 0 Å². The first-order valence-electron chi connectivity index (χ1n) is 7.71. The van der Waals surface area contributed by atoms with E-state index in [1.807, 2.05) is 18.2 Å². The van der Waals surface area contributed by atoms with Gasteiger partial charge in [0.2, 0.25) is 0 Å². The van der Waals surface area contributed by atoms with Gasteiger partial charge in [0.1, 0.15) is 9.84 Å². The van der Waals surface area contributed by atoms with E-state index >= 15 is 0 Å². The second-order valence-electron chi connectivity index (χ2n) is 5.89. The molecule has 1 aromatic carbocycles. The quantitative estimate of drug-likeness (QED) is 0.857. The maximum atomic E-state index is 12.1. The lowest BCUT2D eigenvalue weighted by atomic mass is 10.0. The molecule has 1 N–H and O–H groups in total. The van der Waals surface area contributed by atoms with Crippen molar-refractivity contribution in [2.75, 3.05) is 31.6 Å². The van der Waals surface area contributed by atoms with Gasteiger partial charge in [-0.15, -0.1) is 0 Å². The number of likely N-dealkylation sites (tertiary alicyclic amines) is 1. The molecule has 1 aliphatic rings. The molecule has 5 nitrogen and oxygen atoms in total. The maximum Gasteiger partial charge on any atom is 0.251 e. The molecule has 6 heteroatoms. The van der Waals surface area contributed by atoms with Gasteiger partial charge in [0, 0.05) is 31.0 Å². The Morgan fingerprint density at radius 2 is 2.00 bits per heavy atom. The molecule has 1 aliphatic heterocycles. The largest absolute Gasteiger partial charge is 0.350 e. The van der Waals surface area contributed by atoms with E-state index < -0.39 is 9.84 Å². The van der Waals surface area contributed by atoms with E-state index in [4.69, 9.17) is 0 Å². The van der Waals surface area contributed by atoms with E-state index in [2.05, 4.69) is 10.2 Å². The van der Waals surface area contributed by atoms with E-state index in [-0.39, 0.29) is 17.7 Å². The fourth-order valence-electron chi connectivity index (χ4n) is 2.77. The van der Waals surface area contributed by atoms with Crippen LogP contribution in [0, 0.1) is 0 Å². The van der Waals surface area contributed by atoms with Crippen LogP contribution < -0.4 is 5.32 Å². The number of rotatable bonds is 6. The zero-order chi connectivity index (χ0) is 16.0. The average Bonchev–Trinajstić information content (AvgIpc) is 2.51. The SMILES string of the molecule is CS(=O)(=O)CCN1CCCC[C@H]1CNC(=O)c1ccccc1.